The first kappa shape index (κ1) is 18.4. The minimum atomic E-state index is -0.274. The van der Waals surface area contributed by atoms with Gasteiger partial charge in [0.25, 0.3) is 5.89 Å². The van der Waals surface area contributed by atoms with E-state index < -0.39 is 0 Å². The minimum Gasteiger partial charge on any atom is -0.437 e. The van der Waals surface area contributed by atoms with Crippen LogP contribution in [0.5, 0.6) is 0 Å². The third-order valence-electron chi connectivity index (χ3n) is 5.15. The average Bonchev–Trinajstić information content (AvgIpc) is 3.20. The summed E-state index contributed by atoms with van der Waals surface area (Å²) in [6.45, 7) is 6.87. The largest absolute Gasteiger partial charge is 0.437 e. The predicted molar refractivity (Wildman–Crippen MR) is 103 cm³/mol. The molecule has 0 saturated heterocycles. The van der Waals surface area contributed by atoms with E-state index in [0.29, 0.717) is 6.54 Å². The summed E-state index contributed by atoms with van der Waals surface area (Å²) in [4.78, 5) is 19.2. The number of hydrogen-bond donors (Lipinski definition) is 1. The van der Waals surface area contributed by atoms with Gasteiger partial charge in [-0.2, -0.15) is 0 Å². The van der Waals surface area contributed by atoms with Gasteiger partial charge >= 0.3 is 5.91 Å². The van der Waals surface area contributed by atoms with E-state index in [2.05, 4.69) is 20.4 Å². The van der Waals surface area contributed by atoms with Gasteiger partial charge < -0.3 is 14.3 Å². The first-order valence-electron chi connectivity index (χ1n) is 9.55. The van der Waals surface area contributed by atoms with E-state index in [9.17, 15) is 4.79 Å². The van der Waals surface area contributed by atoms with Crippen LogP contribution in [0.15, 0.2) is 39.3 Å². The summed E-state index contributed by atoms with van der Waals surface area (Å²) in [6.07, 6.45) is 1.49. The maximum Gasteiger partial charge on any atom is 0.307 e. The molecule has 0 fully saturated rings. The van der Waals surface area contributed by atoms with Gasteiger partial charge in [0.05, 0.1) is 11.4 Å². The fourth-order valence-corrected chi connectivity index (χ4v) is 3.47. The number of aromatic nitrogens is 2. The number of nitrogens with zero attached hydrogens (tertiary/aromatic N) is 3. The lowest BCUT2D eigenvalue weighted by Crippen LogP contribution is -2.27. The van der Waals surface area contributed by atoms with Crippen LogP contribution in [0.4, 0.5) is 0 Å². The van der Waals surface area contributed by atoms with Crippen molar-refractivity contribution in [3.63, 3.8) is 0 Å². The molecule has 0 aliphatic carbocycles. The van der Waals surface area contributed by atoms with E-state index in [1.165, 1.54) is 0 Å². The Bertz CT molecular complexity index is 916. The zero-order chi connectivity index (χ0) is 19.5. The molecule has 1 N–H and O–H groups in total. The number of amides is 1. The molecule has 146 valence electrons. The van der Waals surface area contributed by atoms with Gasteiger partial charge in [0.15, 0.2) is 0 Å². The molecule has 7 nitrogen and oxygen atoms in total. The Morgan fingerprint density at radius 3 is 2.71 bits per heavy atom. The zero-order valence-corrected chi connectivity index (χ0v) is 16.2. The number of aryl methyl sites for hydroxylation is 2. The molecular weight excluding hydrogens is 356 g/mol. The fraction of sp³-hybridized carbons (Fsp3) is 0.381. The standard InChI is InChI=1S/C21H24N4O3/c1-14-17(15(2)28-24-14)13-25-10-8-18-19(9-11-25)27-21(23-18)20(26)22-12-16-6-4-3-5-7-16/h3-7H,8-13H2,1-2H3,(H,22,26). The van der Waals surface area contributed by atoms with E-state index >= 15 is 0 Å². The monoisotopic (exact) mass is 380 g/mol. The van der Waals surface area contributed by atoms with Crippen LogP contribution in [0.2, 0.25) is 0 Å². The molecule has 4 rings (SSSR count). The summed E-state index contributed by atoms with van der Waals surface area (Å²) in [7, 11) is 0. The molecule has 7 heteroatoms. The second-order valence-corrected chi connectivity index (χ2v) is 7.14. The van der Waals surface area contributed by atoms with Crippen LogP contribution in [0.1, 0.15) is 44.7 Å². The summed E-state index contributed by atoms with van der Waals surface area (Å²) in [5.41, 5.74) is 4.01. The smallest absolute Gasteiger partial charge is 0.307 e. The van der Waals surface area contributed by atoms with Crippen LogP contribution in [-0.4, -0.2) is 34.0 Å². The molecule has 0 unspecified atom stereocenters. The summed E-state index contributed by atoms with van der Waals surface area (Å²) in [6, 6.07) is 9.79. The Balaban J connectivity index is 1.36. The van der Waals surface area contributed by atoms with Crippen molar-refractivity contribution in [2.75, 3.05) is 13.1 Å². The van der Waals surface area contributed by atoms with Crippen molar-refractivity contribution in [3.05, 3.63) is 70.3 Å². The van der Waals surface area contributed by atoms with Crippen molar-refractivity contribution < 1.29 is 13.7 Å². The number of carbonyl (C=O) groups excluding carboxylic acids is 1. The second-order valence-electron chi connectivity index (χ2n) is 7.14. The van der Waals surface area contributed by atoms with Gasteiger partial charge in [-0.15, -0.1) is 0 Å². The topological polar surface area (TPSA) is 84.4 Å². The predicted octanol–water partition coefficient (Wildman–Crippen LogP) is 2.81. The molecule has 0 atom stereocenters. The van der Waals surface area contributed by atoms with Crippen molar-refractivity contribution in [1.82, 2.24) is 20.4 Å². The molecule has 0 spiro atoms. The van der Waals surface area contributed by atoms with Gasteiger partial charge in [-0.3, -0.25) is 9.69 Å². The second kappa shape index (κ2) is 7.98. The molecule has 1 aliphatic rings. The maximum atomic E-state index is 12.4. The molecule has 3 aromatic rings. The fourth-order valence-electron chi connectivity index (χ4n) is 3.47. The highest BCUT2D eigenvalue weighted by Crippen LogP contribution is 2.21. The van der Waals surface area contributed by atoms with Crippen molar-refractivity contribution in [2.45, 2.75) is 39.8 Å². The van der Waals surface area contributed by atoms with Crippen molar-refractivity contribution in [2.24, 2.45) is 0 Å². The normalized spacial score (nSPS) is 14.5. The lowest BCUT2D eigenvalue weighted by molar-refractivity contribution is 0.0914. The van der Waals surface area contributed by atoms with Crippen LogP contribution < -0.4 is 5.32 Å². The van der Waals surface area contributed by atoms with Gasteiger partial charge in [0.2, 0.25) is 0 Å². The zero-order valence-electron chi connectivity index (χ0n) is 16.2. The molecule has 0 bridgehead atoms. The van der Waals surface area contributed by atoms with Crippen molar-refractivity contribution in [3.8, 4) is 0 Å². The number of nitrogens with one attached hydrogen (secondary N) is 1. The Morgan fingerprint density at radius 2 is 1.96 bits per heavy atom. The first-order chi connectivity index (χ1) is 13.6. The third kappa shape index (κ3) is 3.99. The Kier molecular flexibility index (Phi) is 5.25. The highest BCUT2D eigenvalue weighted by molar-refractivity contribution is 5.89. The lowest BCUT2D eigenvalue weighted by Gasteiger charge is -2.19. The maximum absolute atomic E-state index is 12.4. The molecule has 28 heavy (non-hydrogen) atoms. The minimum absolute atomic E-state index is 0.153. The van der Waals surface area contributed by atoms with Crippen molar-refractivity contribution in [1.29, 1.82) is 0 Å². The number of hydrogen-bond acceptors (Lipinski definition) is 6. The van der Waals surface area contributed by atoms with E-state index in [0.717, 1.165) is 66.5 Å². The number of rotatable bonds is 5. The third-order valence-corrected chi connectivity index (χ3v) is 5.15. The molecule has 3 heterocycles. The Morgan fingerprint density at radius 1 is 1.18 bits per heavy atom. The number of fused-ring (bicyclic) bond motifs is 1. The van der Waals surface area contributed by atoms with Crippen LogP contribution in [0.3, 0.4) is 0 Å². The molecule has 0 saturated carbocycles. The number of carbonyl (C=O) groups is 1. The highest BCUT2D eigenvalue weighted by atomic mass is 16.5. The summed E-state index contributed by atoms with van der Waals surface area (Å²) in [5, 5.41) is 6.90. The van der Waals surface area contributed by atoms with Gasteiger partial charge in [-0.25, -0.2) is 4.98 Å². The van der Waals surface area contributed by atoms with Gasteiger partial charge in [0.1, 0.15) is 11.5 Å². The molecule has 1 amide bonds. The highest BCUT2D eigenvalue weighted by Gasteiger charge is 2.23. The quantitative estimate of drug-likeness (QED) is 0.733. The van der Waals surface area contributed by atoms with Crippen LogP contribution in [-0.2, 0) is 25.9 Å². The molecule has 1 aliphatic heterocycles. The Labute approximate surface area is 163 Å². The molecule has 0 radical (unpaired) electrons. The van der Waals surface area contributed by atoms with E-state index in [-0.39, 0.29) is 11.8 Å². The summed E-state index contributed by atoms with van der Waals surface area (Å²) < 4.78 is 11.0. The number of oxazole rings is 1. The molecular formula is C21H24N4O3. The Hall–Kier alpha value is -2.93. The van der Waals surface area contributed by atoms with Crippen LogP contribution in [0.25, 0.3) is 0 Å². The number of benzene rings is 1. The molecule has 2 aromatic heterocycles. The SMILES string of the molecule is Cc1noc(C)c1CN1CCc2nc(C(=O)NCc3ccccc3)oc2CC1. The van der Waals surface area contributed by atoms with E-state index in [4.69, 9.17) is 8.94 Å². The summed E-state index contributed by atoms with van der Waals surface area (Å²) in [5.74, 6) is 1.56. The van der Waals surface area contributed by atoms with E-state index in [1.54, 1.807) is 0 Å². The molecule has 1 aromatic carbocycles. The van der Waals surface area contributed by atoms with Crippen LogP contribution >= 0.6 is 0 Å². The first-order valence-corrected chi connectivity index (χ1v) is 9.55. The van der Waals surface area contributed by atoms with Gasteiger partial charge in [-0.1, -0.05) is 35.5 Å². The van der Waals surface area contributed by atoms with Crippen molar-refractivity contribution >= 4 is 5.91 Å². The average molecular weight is 380 g/mol. The van der Waals surface area contributed by atoms with Gasteiger partial charge in [0, 0.05) is 44.6 Å². The summed E-state index contributed by atoms with van der Waals surface area (Å²) >= 11 is 0. The van der Waals surface area contributed by atoms with Crippen LogP contribution in [0, 0.1) is 13.8 Å². The lowest BCUT2D eigenvalue weighted by atomic mass is 10.2. The van der Waals surface area contributed by atoms with E-state index in [1.807, 2.05) is 44.2 Å². The van der Waals surface area contributed by atoms with Gasteiger partial charge in [-0.05, 0) is 19.4 Å².